The Balaban J connectivity index is 2.54. The zero-order valence-corrected chi connectivity index (χ0v) is 9.26. The highest BCUT2D eigenvalue weighted by molar-refractivity contribution is 6.31. The Morgan fingerprint density at radius 1 is 0.800 bits per heavy atom. The lowest BCUT2D eigenvalue weighted by molar-refractivity contribution is 0.475. The minimum absolute atomic E-state index is 0.150. The maximum absolute atomic E-state index is 9.41. The van der Waals surface area contributed by atoms with Crippen LogP contribution in [-0.2, 0) is 0 Å². The van der Waals surface area contributed by atoms with Crippen molar-refractivity contribution in [3.8, 4) is 16.9 Å². The molecule has 1 nitrogen and oxygen atoms in total. The Morgan fingerprint density at radius 3 is 2.20 bits per heavy atom. The lowest BCUT2D eigenvalue weighted by atomic mass is 10.1. The highest BCUT2D eigenvalue weighted by Crippen LogP contribution is 2.29. The first-order valence-corrected chi connectivity index (χ1v) is 5.16. The second-order valence-electron chi connectivity index (χ2n) is 3.21. The molecule has 3 heteroatoms. The molecule has 0 bridgehead atoms. The number of benzene rings is 2. The van der Waals surface area contributed by atoms with Crippen molar-refractivity contribution in [1.29, 1.82) is 0 Å². The van der Waals surface area contributed by atoms with Crippen LogP contribution in [0.2, 0.25) is 10.0 Å². The van der Waals surface area contributed by atoms with Crippen molar-refractivity contribution in [3.05, 3.63) is 52.5 Å². The van der Waals surface area contributed by atoms with Crippen LogP contribution in [0.3, 0.4) is 0 Å². The summed E-state index contributed by atoms with van der Waals surface area (Å²) in [4.78, 5) is 0. The smallest absolute Gasteiger partial charge is 0.117 e. The largest absolute Gasteiger partial charge is 0.508 e. The van der Waals surface area contributed by atoms with Crippen LogP contribution < -0.4 is 0 Å². The maximum atomic E-state index is 9.41. The summed E-state index contributed by atoms with van der Waals surface area (Å²) < 4.78 is 0. The van der Waals surface area contributed by atoms with Gasteiger partial charge in [-0.2, -0.15) is 0 Å². The van der Waals surface area contributed by atoms with E-state index >= 15 is 0 Å². The minimum atomic E-state index is 0.150. The van der Waals surface area contributed by atoms with Crippen molar-refractivity contribution in [3.63, 3.8) is 0 Å². The standard InChI is InChI=1S/C12H8Cl2O/c13-10-3-1-2-8(4-10)9-5-11(14)7-12(15)6-9/h1-7,15H. The van der Waals surface area contributed by atoms with Gasteiger partial charge in [0.1, 0.15) is 5.75 Å². The van der Waals surface area contributed by atoms with Gasteiger partial charge >= 0.3 is 0 Å². The van der Waals surface area contributed by atoms with Crippen molar-refractivity contribution in [2.45, 2.75) is 0 Å². The number of phenols is 1. The average molecular weight is 239 g/mol. The first-order chi connectivity index (χ1) is 7.15. The van der Waals surface area contributed by atoms with Crippen molar-refractivity contribution >= 4 is 23.2 Å². The molecule has 0 spiro atoms. The summed E-state index contributed by atoms with van der Waals surface area (Å²) in [5.41, 5.74) is 1.78. The van der Waals surface area contributed by atoms with Crippen LogP contribution in [0, 0.1) is 0 Å². The van der Waals surface area contributed by atoms with E-state index in [1.54, 1.807) is 18.2 Å². The fourth-order valence-corrected chi connectivity index (χ4v) is 1.83. The molecule has 0 aliphatic rings. The molecular weight excluding hydrogens is 231 g/mol. The summed E-state index contributed by atoms with van der Waals surface area (Å²) in [7, 11) is 0. The normalized spacial score (nSPS) is 10.3. The molecule has 0 saturated heterocycles. The highest BCUT2D eigenvalue weighted by atomic mass is 35.5. The summed E-state index contributed by atoms with van der Waals surface area (Å²) in [6, 6.07) is 12.3. The van der Waals surface area contributed by atoms with E-state index in [4.69, 9.17) is 23.2 Å². The number of hydrogen-bond donors (Lipinski definition) is 1. The quantitative estimate of drug-likeness (QED) is 0.783. The third-order valence-electron chi connectivity index (χ3n) is 2.04. The molecule has 0 atom stereocenters. The Labute approximate surface area is 97.9 Å². The van der Waals surface area contributed by atoms with Crippen LogP contribution >= 0.6 is 23.2 Å². The van der Waals surface area contributed by atoms with Gasteiger partial charge in [0.2, 0.25) is 0 Å². The SMILES string of the molecule is Oc1cc(Cl)cc(-c2cccc(Cl)c2)c1. The van der Waals surface area contributed by atoms with Gasteiger partial charge in [-0.1, -0.05) is 35.3 Å². The van der Waals surface area contributed by atoms with E-state index in [-0.39, 0.29) is 5.75 Å². The third kappa shape index (κ3) is 2.44. The summed E-state index contributed by atoms with van der Waals surface area (Å²) >= 11 is 11.7. The average Bonchev–Trinajstić information content (AvgIpc) is 2.16. The number of aromatic hydroxyl groups is 1. The molecule has 15 heavy (non-hydrogen) atoms. The van der Waals surface area contributed by atoms with Crippen molar-refractivity contribution in [2.24, 2.45) is 0 Å². The van der Waals surface area contributed by atoms with E-state index in [1.807, 2.05) is 18.2 Å². The van der Waals surface area contributed by atoms with E-state index in [1.165, 1.54) is 6.07 Å². The first-order valence-electron chi connectivity index (χ1n) is 4.40. The fraction of sp³-hybridized carbons (Fsp3) is 0. The molecule has 0 heterocycles. The molecule has 1 N–H and O–H groups in total. The Kier molecular flexibility index (Phi) is 2.85. The van der Waals surface area contributed by atoms with E-state index in [2.05, 4.69) is 0 Å². The van der Waals surface area contributed by atoms with E-state index in [0.717, 1.165) is 11.1 Å². The van der Waals surface area contributed by atoms with Gasteiger partial charge in [-0.05, 0) is 41.5 Å². The number of phenolic OH excluding ortho intramolecular Hbond substituents is 1. The molecule has 0 amide bonds. The maximum Gasteiger partial charge on any atom is 0.117 e. The Bertz CT molecular complexity index is 474. The van der Waals surface area contributed by atoms with Crippen LogP contribution in [0.25, 0.3) is 11.1 Å². The van der Waals surface area contributed by atoms with Gasteiger partial charge in [-0.3, -0.25) is 0 Å². The molecule has 0 aliphatic carbocycles. The number of halogens is 2. The van der Waals surface area contributed by atoms with Gasteiger partial charge in [0.05, 0.1) is 0 Å². The topological polar surface area (TPSA) is 20.2 Å². The van der Waals surface area contributed by atoms with Crippen molar-refractivity contribution in [1.82, 2.24) is 0 Å². The zero-order valence-electron chi connectivity index (χ0n) is 7.74. The lowest BCUT2D eigenvalue weighted by Crippen LogP contribution is -1.78. The molecule has 0 unspecified atom stereocenters. The van der Waals surface area contributed by atoms with Crippen LogP contribution in [0.15, 0.2) is 42.5 Å². The predicted octanol–water partition coefficient (Wildman–Crippen LogP) is 4.37. The molecular formula is C12H8Cl2O. The first kappa shape index (κ1) is 10.3. The van der Waals surface area contributed by atoms with Gasteiger partial charge in [0, 0.05) is 10.0 Å². The van der Waals surface area contributed by atoms with Gasteiger partial charge < -0.3 is 5.11 Å². The third-order valence-corrected chi connectivity index (χ3v) is 2.49. The highest BCUT2D eigenvalue weighted by Gasteiger charge is 2.01. The van der Waals surface area contributed by atoms with E-state index < -0.39 is 0 Å². The molecule has 2 rings (SSSR count). The summed E-state index contributed by atoms with van der Waals surface area (Å²) in [6.07, 6.45) is 0. The summed E-state index contributed by atoms with van der Waals surface area (Å²) in [6.45, 7) is 0. The molecule has 2 aromatic rings. The Morgan fingerprint density at radius 2 is 1.53 bits per heavy atom. The van der Waals surface area contributed by atoms with Gasteiger partial charge in [0.25, 0.3) is 0 Å². The van der Waals surface area contributed by atoms with Crippen molar-refractivity contribution < 1.29 is 5.11 Å². The summed E-state index contributed by atoms with van der Waals surface area (Å²) in [5, 5.41) is 10.6. The molecule has 0 radical (unpaired) electrons. The monoisotopic (exact) mass is 238 g/mol. The lowest BCUT2D eigenvalue weighted by Gasteiger charge is -2.03. The molecule has 76 valence electrons. The summed E-state index contributed by atoms with van der Waals surface area (Å²) in [5.74, 6) is 0.150. The fourth-order valence-electron chi connectivity index (χ4n) is 1.41. The van der Waals surface area contributed by atoms with Gasteiger partial charge in [-0.25, -0.2) is 0 Å². The molecule has 0 aromatic heterocycles. The Hall–Kier alpha value is -1.18. The molecule has 0 fully saturated rings. The number of rotatable bonds is 1. The van der Waals surface area contributed by atoms with Crippen LogP contribution in [0.4, 0.5) is 0 Å². The number of hydrogen-bond acceptors (Lipinski definition) is 1. The predicted molar refractivity (Wildman–Crippen MR) is 63.6 cm³/mol. The van der Waals surface area contributed by atoms with Gasteiger partial charge in [0.15, 0.2) is 0 Å². The van der Waals surface area contributed by atoms with Gasteiger partial charge in [-0.15, -0.1) is 0 Å². The molecule has 0 aliphatic heterocycles. The zero-order chi connectivity index (χ0) is 10.8. The van der Waals surface area contributed by atoms with E-state index in [0.29, 0.717) is 10.0 Å². The van der Waals surface area contributed by atoms with Crippen LogP contribution in [0.5, 0.6) is 5.75 Å². The van der Waals surface area contributed by atoms with Crippen molar-refractivity contribution in [2.75, 3.05) is 0 Å². The van der Waals surface area contributed by atoms with E-state index in [9.17, 15) is 5.11 Å². The molecule has 2 aromatic carbocycles. The van der Waals surface area contributed by atoms with Crippen LogP contribution in [0.1, 0.15) is 0 Å². The second-order valence-corrected chi connectivity index (χ2v) is 4.08. The minimum Gasteiger partial charge on any atom is -0.508 e. The van der Waals surface area contributed by atoms with Crippen LogP contribution in [-0.4, -0.2) is 5.11 Å². The second kappa shape index (κ2) is 4.13. The molecule has 0 saturated carbocycles.